The second-order valence-corrected chi connectivity index (χ2v) is 4.18. The Labute approximate surface area is 103 Å². The Bertz CT molecular complexity index is 384. The summed E-state index contributed by atoms with van der Waals surface area (Å²) in [6, 6.07) is 6.04. The van der Waals surface area contributed by atoms with Crippen molar-refractivity contribution in [3.8, 4) is 0 Å². The number of carbonyl (C=O) groups is 1. The van der Waals surface area contributed by atoms with Gasteiger partial charge in [0.1, 0.15) is 0 Å². The van der Waals surface area contributed by atoms with Crippen LogP contribution in [0.5, 0.6) is 0 Å². The Hall–Kier alpha value is -1.51. The molecule has 0 heterocycles. The Balaban J connectivity index is 2.94. The SMILES string of the molecule is CCC(CC)Nc1cc(C(=O)OC)ccc1C. The van der Waals surface area contributed by atoms with Crippen LogP contribution in [-0.2, 0) is 4.74 Å². The van der Waals surface area contributed by atoms with E-state index in [1.165, 1.54) is 7.11 Å². The molecule has 3 heteroatoms. The molecule has 0 bridgehead atoms. The molecule has 1 N–H and O–H groups in total. The molecule has 17 heavy (non-hydrogen) atoms. The first-order valence-corrected chi connectivity index (χ1v) is 6.07. The fourth-order valence-electron chi connectivity index (χ4n) is 1.74. The third-order valence-corrected chi connectivity index (χ3v) is 3.00. The van der Waals surface area contributed by atoms with E-state index in [1.807, 2.05) is 19.1 Å². The highest BCUT2D eigenvalue weighted by atomic mass is 16.5. The van der Waals surface area contributed by atoms with Gasteiger partial charge in [-0.3, -0.25) is 0 Å². The number of hydrogen-bond donors (Lipinski definition) is 1. The average molecular weight is 235 g/mol. The van der Waals surface area contributed by atoms with E-state index in [1.54, 1.807) is 6.07 Å². The van der Waals surface area contributed by atoms with E-state index in [-0.39, 0.29) is 5.97 Å². The molecule has 0 unspecified atom stereocenters. The maximum absolute atomic E-state index is 11.5. The average Bonchev–Trinajstić information content (AvgIpc) is 2.36. The summed E-state index contributed by atoms with van der Waals surface area (Å²) in [5.41, 5.74) is 2.75. The lowest BCUT2D eigenvalue weighted by Crippen LogP contribution is -2.18. The zero-order chi connectivity index (χ0) is 12.8. The molecule has 0 saturated heterocycles. The summed E-state index contributed by atoms with van der Waals surface area (Å²) in [6.07, 6.45) is 2.14. The maximum atomic E-state index is 11.5. The highest BCUT2D eigenvalue weighted by molar-refractivity contribution is 5.90. The second kappa shape index (κ2) is 6.28. The summed E-state index contributed by atoms with van der Waals surface area (Å²) in [5, 5.41) is 3.46. The van der Waals surface area contributed by atoms with Crippen LogP contribution in [0.25, 0.3) is 0 Å². The summed E-state index contributed by atoms with van der Waals surface area (Å²) in [4.78, 5) is 11.5. The van der Waals surface area contributed by atoms with Crippen molar-refractivity contribution in [1.82, 2.24) is 0 Å². The van der Waals surface area contributed by atoms with Crippen LogP contribution in [0.4, 0.5) is 5.69 Å². The number of ether oxygens (including phenoxy) is 1. The number of esters is 1. The van der Waals surface area contributed by atoms with Crippen molar-refractivity contribution in [3.63, 3.8) is 0 Å². The second-order valence-electron chi connectivity index (χ2n) is 4.18. The van der Waals surface area contributed by atoms with Crippen molar-refractivity contribution in [3.05, 3.63) is 29.3 Å². The molecule has 94 valence electrons. The van der Waals surface area contributed by atoms with Crippen LogP contribution in [0.3, 0.4) is 0 Å². The number of benzene rings is 1. The predicted octanol–water partition coefficient (Wildman–Crippen LogP) is 3.38. The lowest BCUT2D eigenvalue weighted by atomic mass is 10.1. The number of carbonyl (C=O) groups excluding carboxylic acids is 1. The molecule has 3 nitrogen and oxygen atoms in total. The van der Waals surface area contributed by atoms with Gasteiger partial charge >= 0.3 is 5.97 Å². The van der Waals surface area contributed by atoms with Gasteiger partial charge in [-0.1, -0.05) is 19.9 Å². The normalized spacial score (nSPS) is 10.4. The van der Waals surface area contributed by atoms with Gasteiger partial charge in [-0.2, -0.15) is 0 Å². The molecule has 0 aromatic heterocycles. The summed E-state index contributed by atoms with van der Waals surface area (Å²) < 4.78 is 4.72. The van der Waals surface area contributed by atoms with Gasteiger partial charge in [-0.05, 0) is 37.5 Å². The molecule has 0 aliphatic rings. The van der Waals surface area contributed by atoms with Gasteiger partial charge in [-0.15, -0.1) is 0 Å². The number of anilines is 1. The molecule has 0 fully saturated rings. The molecule has 0 amide bonds. The topological polar surface area (TPSA) is 38.3 Å². The minimum Gasteiger partial charge on any atom is -0.465 e. The molecule has 0 spiro atoms. The Morgan fingerprint density at radius 1 is 1.35 bits per heavy atom. The van der Waals surface area contributed by atoms with Crippen LogP contribution in [-0.4, -0.2) is 19.1 Å². The van der Waals surface area contributed by atoms with Gasteiger partial charge in [-0.25, -0.2) is 4.79 Å². The van der Waals surface area contributed by atoms with Crippen molar-refractivity contribution >= 4 is 11.7 Å². The summed E-state index contributed by atoms with van der Waals surface area (Å²) in [5.74, 6) is -0.294. The highest BCUT2D eigenvalue weighted by Gasteiger charge is 2.10. The number of rotatable bonds is 5. The molecule has 1 rings (SSSR count). The third-order valence-electron chi connectivity index (χ3n) is 3.00. The van der Waals surface area contributed by atoms with Crippen molar-refractivity contribution in [2.24, 2.45) is 0 Å². The van der Waals surface area contributed by atoms with E-state index in [4.69, 9.17) is 4.74 Å². The third kappa shape index (κ3) is 3.48. The van der Waals surface area contributed by atoms with Crippen LogP contribution in [0.15, 0.2) is 18.2 Å². The van der Waals surface area contributed by atoms with Crippen LogP contribution in [0.1, 0.15) is 42.6 Å². The lowest BCUT2D eigenvalue weighted by molar-refractivity contribution is 0.0601. The van der Waals surface area contributed by atoms with Crippen molar-refractivity contribution in [2.75, 3.05) is 12.4 Å². The highest BCUT2D eigenvalue weighted by Crippen LogP contribution is 2.19. The Morgan fingerprint density at radius 2 is 2.00 bits per heavy atom. The number of hydrogen-bond acceptors (Lipinski definition) is 3. The standard InChI is InChI=1S/C14H21NO2/c1-5-12(6-2)15-13-9-11(14(16)17-4)8-7-10(13)3/h7-9,12,15H,5-6H2,1-4H3. The lowest BCUT2D eigenvalue weighted by Gasteiger charge is -2.18. The number of nitrogens with one attached hydrogen (secondary N) is 1. The van der Waals surface area contributed by atoms with E-state index in [0.29, 0.717) is 11.6 Å². The fraction of sp³-hybridized carbons (Fsp3) is 0.500. The molecule has 0 saturated carbocycles. The molecule has 0 aliphatic heterocycles. The van der Waals surface area contributed by atoms with Gasteiger partial charge < -0.3 is 10.1 Å². The molecule has 0 atom stereocenters. The predicted molar refractivity (Wildman–Crippen MR) is 70.5 cm³/mol. The minimum absolute atomic E-state index is 0.294. The molecular weight excluding hydrogens is 214 g/mol. The van der Waals surface area contributed by atoms with Crippen LogP contribution in [0.2, 0.25) is 0 Å². The van der Waals surface area contributed by atoms with Crippen molar-refractivity contribution in [1.29, 1.82) is 0 Å². The van der Waals surface area contributed by atoms with Gasteiger partial charge in [0.15, 0.2) is 0 Å². The van der Waals surface area contributed by atoms with E-state index in [0.717, 1.165) is 24.1 Å². The van der Waals surface area contributed by atoms with Gasteiger partial charge in [0, 0.05) is 11.7 Å². The van der Waals surface area contributed by atoms with Crippen LogP contribution >= 0.6 is 0 Å². The van der Waals surface area contributed by atoms with Crippen LogP contribution < -0.4 is 5.32 Å². The largest absolute Gasteiger partial charge is 0.465 e. The first-order valence-electron chi connectivity index (χ1n) is 6.07. The minimum atomic E-state index is -0.294. The molecule has 1 aromatic rings. The summed E-state index contributed by atoms with van der Waals surface area (Å²) >= 11 is 0. The summed E-state index contributed by atoms with van der Waals surface area (Å²) in [7, 11) is 1.40. The van der Waals surface area contributed by atoms with E-state index in [2.05, 4.69) is 19.2 Å². The fourth-order valence-corrected chi connectivity index (χ4v) is 1.74. The van der Waals surface area contributed by atoms with E-state index < -0.39 is 0 Å². The molecule has 0 aliphatic carbocycles. The van der Waals surface area contributed by atoms with E-state index >= 15 is 0 Å². The Morgan fingerprint density at radius 3 is 2.53 bits per heavy atom. The van der Waals surface area contributed by atoms with Gasteiger partial charge in [0.2, 0.25) is 0 Å². The molecule has 1 aromatic carbocycles. The first-order chi connectivity index (χ1) is 8.12. The smallest absolute Gasteiger partial charge is 0.337 e. The van der Waals surface area contributed by atoms with Crippen molar-refractivity contribution in [2.45, 2.75) is 39.7 Å². The quantitative estimate of drug-likeness (QED) is 0.795. The van der Waals surface area contributed by atoms with Crippen molar-refractivity contribution < 1.29 is 9.53 Å². The molecular formula is C14H21NO2. The molecule has 0 radical (unpaired) electrons. The van der Waals surface area contributed by atoms with Crippen LogP contribution in [0, 0.1) is 6.92 Å². The number of aryl methyl sites for hydroxylation is 1. The summed E-state index contributed by atoms with van der Waals surface area (Å²) in [6.45, 7) is 6.34. The zero-order valence-corrected chi connectivity index (χ0v) is 11.0. The van der Waals surface area contributed by atoms with E-state index in [9.17, 15) is 4.79 Å². The number of methoxy groups -OCH3 is 1. The maximum Gasteiger partial charge on any atom is 0.337 e. The first kappa shape index (κ1) is 13.6. The van der Waals surface area contributed by atoms with Gasteiger partial charge in [0.25, 0.3) is 0 Å². The monoisotopic (exact) mass is 235 g/mol. The Kier molecular flexibility index (Phi) is 5.01. The zero-order valence-electron chi connectivity index (χ0n) is 11.0. The van der Waals surface area contributed by atoms with Gasteiger partial charge in [0.05, 0.1) is 12.7 Å².